The number of aliphatic hydroxyl groups is 1. The van der Waals surface area contributed by atoms with E-state index >= 15 is 0 Å². The van der Waals surface area contributed by atoms with E-state index in [0.717, 1.165) is 10.8 Å². The van der Waals surface area contributed by atoms with Crippen LogP contribution in [-0.4, -0.2) is 30.7 Å². The van der Waals surface area contributed by atoms with Crippen LogP contribution in [0.5, 0.6) is 0 Å². The number of halogens is 1. The summed E-state index contributed by atoms with van der Waals surface area (Å²) in [5.74, 6) is 1.58. The van der Waals surface area contributed by atoms with Crippen LogP contribution in [0.15, 0.2) is 24.3 Å². The van der Waals surface area contributed by atoms with Crippen LogP contribution in [0.1, 0.15) is 5.56 Å². The summed E-state index contributed by atoms with van der Waals surface area (Å²) in [6.07, 6.45) is -0.382. The molecule has 1 rings (SSSR count). The van der Waals surface area contributed by atoms with Gasteiger partial charge in [-0.3, -0.25) is 0 Å². The Morgan fingerprint density at radius 3 is 2.67 bits per heavy atom. The normalized spacial score (nSPS) is 12.7. The van der Waals surface area contributed by atoms with Crippen molar-refractivity contribution < 1.29 is 9.84 Å². The molecular formula is C11H15ClO2S. The Labute approximate surface area is 99.6 Å². The SMILES string of the molecule is COC[C@@H](O)CSCc1ccc(Cl)cc1. The number of hydrogen-bond acceptors (Lipinski definition) is 3. The third-order valence-electron chi connectivity index (χ3n) is 1.85. The van der Waals surface area contributed by atoms with Crippen molar-refractivity contribution >= 4 is 23.4 Å². The summed E-state index contributed by atoms with van der Waals surface area (Å²) >= 11 is 7.46. The molecule has 0 saturated carbocycles. The van der Waals surface area contributed by atoms with Gasteiger partial charge < -0.3 is 9.84 Å². The summed E-state index contributed by atoms with van der Waals surface area (Å²) in [5.41, 5.74) is 1.22. The fraction of sp³-hybridized carbons (Fsp3) is 0.455. The smallest absolute Gasteiger partial charge is 0.0863 e. The zero-order valence-electron chi connectivity index (χ0n) is 8.65. The van der Waals surface area contributed by atoms with Crippen LogP contribution in [0, 0.1) is 0 Å². The van der Waals surface area contributed by atoms with Crippen LogP contribution < -0.4 is 0 Å². The highest BCUT2D eigenvalue weighted by Crippen LogP contribution is 2.16. The monoisotopic (exact) mass is 246 g/mol. The number of hydrogen-bond donors (Lipinski definition) is 1. The average molecular weight is 247 g/mol. The van der Waals surface area contributed by atoms with Crippen molar-refractivity contribution in [2.45, 2.75) is 11.9 Å². The second-order valence-corrected chi connectivity index (χ2v) is 4.72. The van der Waals surface area contributed by atoms with Crippen LogP contribution in [0.25, 0.3) is 0 Å². The Morgan fingerprint density at radius 1 is 1.40 bits per heavy atom. The first-order chi connectivity index (χ1) is 7.22. The molecule has 1 atom stereocenters. The molecule has 0 spiro atoms. The molecule has 84 valence electrons. The quantitative estimate of drug-likeness (QED) is 0.837. The van der Waals surface area contributed by atoms with Crippen molar-refractivity contribution in [2.75, 3.05) is 19.5 Å². The first-order valence-electron chi connectivity index (χ1n) is 4.71. The molecule has 0 unspecified atom stereocenters. The van der Waals surface area contributed by atoms with Crippen molar-refractivity contribution in [2.24, 2.45) is 0 Å². The molecule has 0 aliphatic carbocycles. The van der Waals surface area contributed by atoms with Gasteiger partial charge >= 0.3 is 0 Å². The van der Waals surface area contributed by atoms with Crippen LogP contribution in [0.2, 0.25) is 5.02 Å². The summed E-state index contributed by atoms with van der Waals surface area (Å²) in [6.45, 7) is 0.396. The minimum atomic E-state index is -0.382. The Balaban J connectivity index is 2.22. The van der Waals surface area contributed by atoms with Gasteiger partial charge in [-0.25, -0.2) is 0 Å². The van der Waals surface area contributed by atoms with Gasteiger partial charge in [0, 0.05) is 23.6 Å². The maximum absolute atomic E-state index is 9.40. The topological polar surface area (TPSA) is 29.5 Å². The van der Waals surface area contributed by atoms with Crippen molar-refractivity contribution in [3.05, 3.63) is 34.9 Å². The molecule has 0 heterocycles. The summed E-state index contributed by atoms with van der Waals surface area (Å²) in [5, 5.41) is 10.2. The van der Waals surface area contributed by atoms with E-state index in [2.05, 4.69) is 0 Å². The third-order valence-corrected chi connectivity index (χ3v) is 3.26. The summed E-state index contributed by atoms with van der Waals surface area (Å²) in [6, 6.07) is 7.75. The van der Waals surface area contributed by atoms with Gasteiger partial charge in [0.05, 0.1) is 12.7 Å². The lowest BCUT2D eigenvalue weighted by atomic mass is 10.2. The lowest BCUT2D eigenvalue weighted by Crippen LogP contribution is -2.16. The van der Waals surface area contributed by atoms with E-state index in [1.54, 1.807) is 18.9 Å². The minimum absolute atomic E-state index is 0.382. The predicted molar refractivity (Wildman–Crippen MR) is 65.5 cm³/mol. The number of aliphatic hydroxyl groups excluding tert-OH is 1. The van der Waals surface area contributed by atoms with Gasteiger partial charge in [-0.2, -0.15) is 11.8 Å². The van der Waals surface area contributed by atoms with E-state index in [1.165, 1.54) is 5.56 Å². The molecule has 1 aromatic carbocycles. The average Bonchev–Trinajstić information content (AvgIpc) is 2.21. The standard InChI is InChI=1S/C11H15ClO2S/c1-14-6-11(13)8-15-7-9-2-4-10(12)5-3-9/h2-5,11,13H,6-8H2,1H3/t11-/m1/s1. The van der Waals surface area contributed by atoms with E-state index in [0.29, 0.717) is 12.4 Å². The zero-order valence-corrected chi connectivity index (χ0v) is 10.2. The summed E-state index contributed by atoms with van der Waals surface area (Å²) in [4.78, 5) is 0. The highest BCUT2D eigenvalue weighted by Gasteiger charge is 2.03. The van der Waals surface area contributed by atoms with Crippen LogP contribution >= 0.6 is 23.4 Å². The Kier molecular flexibility index (Phi) is 6.10. The van der Waals surface area contributed by atoms with E-state index in [-0.39, 0.29) is 6.10 Å². The minimum Gasteiger partial charge on any atom is -0.390 e. The second kappa shape index (κ2) is 7.12. The van der Waals surface area contributed by atoms with E-state index in [1.807, 2.05) is 24.3 Å². The molecule has 0 aliphatic rings. The molecule has 1 N–H and O–H groups in total. The zero-order chi connectivity index (χ0) is 11.1. The molecular weight excluding hydrogens is 232 g/mol. The molecule has 1 aromatic rings. The lowest BCUT2D eigenvalue weighted by molar-refractivity contribution is 0.0794. The summed E-state index contributed by atoms with van der Waals surface area (Å²) in [7, 11) is 1.59. The van der Waals surface area contributed by atoms with Crippen LogP contribution in [0.4, 0.5) is 0 Å². The highest BCUT2D eigenvalue weighted by atomic mass is 35.5. The number of rotatable bonds is 6. The molecule has 0 bridgehead atoms. The molecule has 2 nitrogen and oxygen atoms in total. The Morgan fingerprint density at radius 2 is 2.07 bits per heavy atom. The lowest BCUT2D eigenvalue weighted by Gasteiger charge is -2.08. The predicted octanol–water partition coefficient (Wildman–Crippen LogP) is 2.58. The molecule has 0 saturated heterocycles. The Hall–Kier alpha value is -0.220. The van der Waals surface area contributed by atoms with Crippen LogP contribution in [0.3, 0.4) is 0 Å². The van der Waals surface area contributed by atoms with Crippen molar-refractivity contribution in [1.29, 1.82) is 0 Å². The highest BCUT2D eigenvalue weighted by molar-refractivity contribution is 7.98. The van der Waals surface area contributed by atoms with Gasteiger partial charge in [0.1, 0.15) is 0 Å². The largest absolute Gasteiger partial charge is 0.390 e. The molecule has 0 aliphatic heterocycles. The molecule has 0 fully saturated rings. The van der Waals surface area contributed by atoms with Crippen molar-refractivity contribution in [3.8, 4) is 0 Å². The van der Waals surface area contributed by atoms with Gasteiger partial charge in [-0.15, -0.1) is 0 Å². The van der Waals surface area contributed by atoms with Gasteiger partial charge in [0.25, 0.3) is 0 Å². The molecule has 0 amide bonds. The van der Waals surface area contributed by atoms with E-state index < -0.39 is 0 Å². The number of ether oxygens (including phenoxy) is 1. The third kappa shape index (κ3) is 5.42. The Bertz CT molecular complexity index is 276. The molecule has 0 aromatic heterocycles. The first-order valence-corrected chi connectivity index (χ1v) is 6.25. The number of thioether (sulfide) groups is 1. The van der Waals surface area contributed by atoms with Gasteiger partial charge in [-0.05, 0) is 17.7 Å². The van der Waals surface area contributed by atoms with E-state index in [4.69, 9.17) is 16.3 Å². The fourth-order valence-corrected chi connectivity index (χ4v) is 2.17. The summed E-state index contributed by atoms with van der Waals surface area (Å²) < 4.78 is 4.84. The maximum Gasteiger partial charge on any atom is 0.0863 e. The van der Waals surface area contributed by atoms with Crippen LogP contribution in [-0.2, 0) is 10.5 Å². The van der Waals surface area contributed by atoms with Crippen molar-refractivity contribution in [1.82, 2.24) is 0 Å². The van der Waals surface area contributed by atoms with Gasteiger partial charge in [0.15, 0.2) is 0 Å². The van der Waals surface area contributed by atoms with E-state index in [9.17, 15) is 5.11 Å². The molecule has 0 radical (unpaired) electrons. The maximum atomic E-state index is 9.40. The number of methoxy groups -OCH3 is 1. The second-order valence-electron chi connectivity index (χ2n) is 3.25. The van der Waals surface area contributed by atoms with Gasteiger partial charge in [0.2, 0.25) is 0 Å². The molecule has 4 heteroatoms. The number of benzene rings is 1. The fourth-order valence-electron chi connectivity index (χ4n) is 1.13. The first kappa shape index (κ1) is 12.8. The molecule has 15 heavy (non-hydrogen) atoms. The van der Waals surface area contributed by atoms with Crippen molar-refractivity contribution in [3.63, 3.8) is 0 Å². The van der Waals surface area contributed by atoms with Gasteiger partial charge in [-0.1, -0.05) is 23.7 Å².